The maximum absolute atomic E-state index is 12.0. The van der Waals surface area contributed by atoms with Crippen molar-refractivity contribution in [2.24, 2.45) is 23.2 Å². The molecule has 7 nitrogen and oxygen atoms in total. The van der Waals surface area contributed by atoms with Gasteiger partial charge in [-0.05, 0) is 105 Å². The monoisotopic (exact) mass is 576 g/mol. The molecule has 2 saturated carbocycles. The summed E-state index contributed by atoms with van der Waals surface area (Å²) in [6.45, 7) is 9.13. The van der Waals surface area contributed by atoms with Crippen LogP contribution >= 0.6 is 0 Å². The van der Waals surface area contributed by atoms with Crippen LogP contribution in [0, 0.1) is 37.0 Å². The number of aryl methyl sites for hydroxylation is 2. The molecule has 2 aliphatic carbocycles. The minimum atomic E-state index is -2.02. The van der Waals surface area contributed by atoms with Crippen LogP contribution in [0.4, 0.5) is 5.95 Å². The van der Waals surface area contributed by atoms with Gasteiger partial charge in [-0.3, -0.25) is 0 Å². The van der Waals surface area contributed by atoms with Crippen molar-refractivity contribution in [3.05, 3.63) is 65.2 Å². The number of aromatic nitrogens is 2. The molecule has 2 aromatic carbocycles. The van der Waals surface area contributed by atoms with Gasteiger partial charge in [0.15, 0.2) is 11.1 Å². The molecule has 0 aliphatic heterocycles. The van der Waals surface area contributed by atoms with Crippen molar-refractivity contribution in [1.82, 2.24) is 15.3 Å². The number of nitrogens with zero attached hydrogens (tertiary/aromatic N) is 2. The molecule has 2 aliphatic rings. The molecular weight excluding hydrogens is 532 g/mol. The number of rotatable bonds is 11. The number of nitrogens with one attached hydrogen (secondary N) is 1. The Balaban J connectivity index is 1.43. The average Bonchev–Trinajstić information content (AvgIpc) is 2.87. The van der Waals surface area contributed by atoms with Crippen molar-refractivity contribution in [3.63, 3.8) is 0 Å². The largest absolute Gasteiger partial charge is 0.477 e. The van der Waals surface area contributed by atoms with Crippen LogP contribution in [0.15, 0.2) is 53.4 Å². The first kappa shape index (κ1) is 29.7. The van der Waals surface area contributed by atoms with Gasteiger partial charge in [-0.25, -0.2) is 9.19 Å². The van der Waals surface area contributed by atoms with Gasteiger partial charge in [-0.15, -0.1) is 0 Å². The molecular formula is C33H44N4O3S. The van der Waals surface area contributed by atoms with Gasteiger partial charge in [0.2, 0.25) is 11.8 Å². The summed E-state index contributed by atoms with van der Waals surface area (Å²) < 4.78 is 28.3. The lowest BCUT2D eigenvalue weighted by Crippen LogP contribution is -2.55. The minimum Gasteiger partial charge on any atom is -0.477 e. The second-order valence-corrected chi connectivity index (χ2v) is 13.8. The van der Waals surface area contributed by atoms with Crippen molar-refractivity contribution < 1.29 is 13.5 Å². The van der Waals surface area contributed by atoms with E-state index in [0.29, 0.717) is 40.7 Å². The smallest absolute Gasteiger partial charge is 0.223 e. The van der Waals surface area contributed by atoms with E-state index in [1.54, 1.807) is 6.07 Å². The van der Waals surface area contributed by atoms with Gasteiger partial charge >= 0.3 is 0 Å². The molecule has 1 heterocycles. The highest BCUT2D eigenvalue weighted by Crippen LogP contribution is 2.63. The normalized spacial score (nSPS) is 24.0. The molecule has 0 bridgehead atoms. The third kappa shape index (κ3) is 6.50. The quantitative estimate of drug-likeness (QED) is 0.223. The fourth-order valence-corrected chi connectivity index (χ4v) is 8.00. The molecule has 0 amide bonds. The predicted octanol–water partition coefficient (Wildman–Crippen LogP) is 6.53. The van der Waals surface area contributed by atoms with Crippen LogP contribution in [0.25, 0.3) is 11.3 Å². The van der Waals surface area contributed by atoms with E-state index in [-0.39, 0.29) is 17.8 Å². The van der Waals surface area contributed by atoms with Crippen molar-refractivity contribution in [1.29, 1.82) is 0 Å². The molecule has 3 aromatic rings. The summed E-state index contributed by atoms with van der Waals surface area (Å²) in [6.07, 6.45) is 5.83. The topological polar surface area (TPSA) is 110 Å². The zero-order chi connectivity index (χ0) is 29.3. The summed E-state index contributed by atoms with van der Waals surface area (Å²) in [5.74, 6) is 2.07. The first-order valence-electron chi connectivity index (χ1n) is 14.8. The Kier molecular flexibility index (Phi) is 8.83. The molecule has 1 aromatic heterocycles. The fourth-order valence-electron chi connectivity index (χ4n) is 7.57. The second kappa shape index (κ2) is 12.2. The van der Waals surface area contributed by atoms with Crippen molar-refractivity contribution in [2.45, 2.75) is 76.7 Å². The first-order chi connectivity index (χ1) is 19.6. The van der Waals surface area contributed by atoms with Crippen molar-refractivity contribution >= 4 is 17.0 Å². The molecule has 2 unspecified atom stereocenters. The molecule has 8 heteroatoms. The van der Waals surface area contributed by atoms with E-state index in [9.17, 15) is 8.76 Å². The Labute approximate surface area is 247 Å². The van der Waals surface area contributed by atoms with Gasteiger partial charge < -0.3 is 20.3 Å². The third-order valence-electron chi connectivity index (χ3n) is 9.29. The van der Waals surface area contributed by atoms with E-state index >= 15 is 0 Å². The molecule has 1 spiro atoms. The van der Waals surface area contributed by atoms with E-state index < -0.39 is 11.1 Å². The van der Waals surface area contributed by atoms with Gasteiger partial charge in [0.25, 0.3) is 0 Å². The number of anilines is 1. The van der Waals surface area contributed by atoms with Gasteiger partial charge in [-0.1, -0.05) is 44.2 Å². The predicted molar refractivity (Wildman–Crippen MR) is 165 cm³/mol. The summed E-state index contributed by atoms with van der Waals surface area (Å²) in [5, 5.41) is 3.43. The SMILES string of the molecule is CNC1CC2(C1)CC(C(c1cccc(S(=O)O)c1)[C@@H](COc1cc(-c3c(C)cccc3C)nc(N)n1)CC(C)C)C2. The lowest BCUT2D eigenvalue weighted by molar-refractivity contribution is -0.0676. The molecule has 0 radical (unpaired) electrons. The maximum Gasteiger partial charge on any atom is 0.223 e. The Morgan fingerprint density at radius 2 is 1.76 bits per heavy atom. The van der Waals surface area contributed by atoms with Gasteiger partial charge in [0, 0.05) is 23.6 Å². The fraction of sp³-hybridized carbons (Fsp3) is 0.515. The van der Waals surface area contributed by atoms with E-state index in [2.05, 4.69) is 68.2 Å². The van der Waals surface area contributed by atoms with Gasteiger partial charge in [-0.2, -0.15) is 4.98 Å². The number of hydrogen-bond donors (Lipinski definition) is 3. The van der Waals surface area contributed by atoms with Crippen LogP contribution in [0.1, 0.15) is 68.6 Å². The average molecular weight is 577 g/mol. The number of nitrogens with two attached hydrogens (primary N) is 1. The highest BCUT2D eigenvalue weighted by atomic mass is 32.2. The summed E-state index contributed by atoms with van der Waals surface area (Å²) in [6, 6.07) is 16.4. The standard InChI is InChI=1S/C33H44N4O3S/c1-20(2)12-24(19-40-29-14-28(36-32(34)37-29)30-21(3)8-6-9-22(30)4)31(23-10-7-11-27(13-23)41(38)39)25-15-33(16-25)17-26(18-33)35-5/h6-11,13-14,20,24-26,31,35H,12,15-19H2,1-5H3,(H,38,39)(H2,34,36,37)/t24-,25?,26?,31?,33?/m1/s1. The molecule has 220 valence electrons. The molecule has 0 saturated heterocycles. The number of ether oxygens (including phenoxy) is 1. The molecule has 4 N–H and O–H groups in total. The minimum absolute atomic E-state index is 0.195. The van der Waals surface area contributed by atoms with E-state index in [0.717, 1.165) is 34.4 Å². The van der Waals surface area contributed by atoms with Crippen molar-refractivity contribution in [3.8, 4) is 17.1 Å². The van der Waals surface area contributed by atoms with Crippen LogP contribution in [0.2, 0.25) is 0 Å². The molecule has 2 fully saturated rings. The van der Waals surface area contributed by atoms with Gasteiger partial charge in [0.1, 0.15) is 0 Å². The Bertz CT molecular complexity index is 1380. The summed E-state index contributed by atoms with van der Waals surface area (Å²) in [5.41, 5.74) is 11.8. The number of nitrogen functional groups attached to an aromatic ring is 1. The zero-order valence-corrected chi connectivity index (χ0v) is 25.7. The van der Waals surface area contributed by atoms with Gasteiger partial charge in [0.05, 0.1) is 17.2 Å². The van der Waals surface area contributed by atoms with Crippen LogP contribution in [-0.4, -0.2) is 38.4 Å². The first-order valence-corrected chi connectivity index (χ1v) is 15.9. The van der Waals surface area contributed by atoms with Crippen LogP contribution in [0.5, 0.6) is 5.88 Å². The van der Waals surface area contributed by atoms with E-state index in [1.807, 2.05) is 24.3 Å². The van der Waals surface area contributed by atoms with E-state index in [1.165, 1.54) is 25.7 Å². The van der Waals surface area contributed by atoms with Crippen LogP contribution in [-0.2, 0) is 11.1 Å². The zero-order valence-electron chi connectivity index (χ0n) is 24.9. The second-order valence-electron chi connectivity index (χ2n) is 12.8. The number of hydrogen-bond acceptors (Lipinski definition) is 6. The Hall–Kier alpha value is -2.81. The number of benzene rings is 2. The van der Waals surface area contributed by atoms with Crippen LogP contribution in [0.3, 0.4) is 0 Å². The maximum atomic E-state index is 12.0. The van der Waals surface area contributed by atoms with E-state index in [4.69, 9.17) is 10.5 Å². The Morgan fingerprint density at radius 1 is 1.07 bits per heavy atom. The summed E-state index contributed by atoms with van der Waals surface area (Å²) in [7, 11) is 2.05. The molecule has 5 rings (SSSR count). The van der Waals surface area contributed by atoms with Crippen molar-refractivity contribution in [2.75, 3.05) is 19.4 Å². The molecule has 41 heavy (non-hydrogen) atoms. The lowest BCUT2D eigenvalue weighted by Gasteiger charge is -2.60. The Morgan fingerprint density at radius 3 is 2.39 bits per heavy atom. The molecule has 3 atom stereocenters. The van der Waals surface area contributed by atoms with Crippen LogP contribution < -0.4 is 15.8 Å². The summed E-state index contributed by atoms with van der Waals surface area (Å²) >= 11 is -2.02. The lowest BCUT2D eigenvalue weighted by atomic mass is 9.46. The highest BCUT2D eigenvalue weighted by molar-refractivity contribution is 7.79. The summed E-state index contributed by atoms with van der Waals surface area (Å²) in [4.78, 5) is 9.43. The third-order valence-corrected chi connectivity index (χ3v) is 9.95. The highest BCUT2D eigenvalue weighted by Gasteiger charge is 2.55.